The van der Waals surface area contributed by atoms with Crippen LogP contribution >= 0.6 is 0 Å². The first-order chi connectivity index (χ1) is 9.10. The van der Waals surface area contributed by atoms with E-state index in [-0.39, 0.29) is 0 Å². The summed E-state index contributed by atoms with van der Waals surface area (Å²) in [6.07, 6.45) is 0. The van der Waals surface area contributed by atoms with Gasteiger partial charge in [-0.05, 0) is 25.1 Å². The van der Waals surface area contributed by atoms with Crippen molar-refractivity contribution in [2.45, 2.75) is 13.5 Å². The van der Waals surface area contributed by atoms with Gasteiger partial charge >= 0.3 is 0 Å². The van der Waals surface area contributed by atoms with E-state index < -0.39 is 0 Å². The average Bonchev–Trinajstić information content (AvgIpc) is 2.91. The molecule has 3 rings (SSSR count). The fourth-order valence-electron chi connectivity index (χ4n) is 2.32. The molecule has 0 spiro atoms. The van der Waals surface area contributed by atoms with Crippen LogP contribution in [-0.2, 0) is 20.6 Å². The summed E-state index contributed by atoms with van der Waals surface area (Å²) in [5, 5.41) is 4.49. The van der Waals surface area contributed by atoms with Crippen LogP contribution in [0.25, 0.3) is 22.3 Å². The van der Waals surface area contributed by atoms with Crippen LogP contribution in [0.15, 0.2) is 24.3 Å². The highest BCUT2D eigenvalue weighted by Gasteiger charge is 2.09. The zero-order valence-electron chi connectivity index (χ0n) is 11.4. The zero-order chi connectivity index (χ0) is 13.6. The predicted molar refractivity (Wildman–Crippen MR) is 75.5 cm³/mol. The van der Waals surface area contributed by atoms with Crippen molar-refractivity contribution in [2.75, 3.05) is 0 Å². The Morgan fingerprint density at radius 1 is 1.21 bits per heavy atom. The van der Waals surface area contributed by atoms with Crippen LogP contribution in [0.2, 0.25) is 0 Å². The third kappa shape index (κ3) is 1.82. The van der Waals surface area contributed by atoms with Gasteiger partial charge in [0.25, 0.3) is 0 Å². The highest BCUT2D eigenvalue weighted by atomic mass is 15.3. The predicted octanol–water partition coefficient (Wildman–Crippen LogP) is 1.74. The second kappa shape index (κ2) is 4.20. The Kier molecular flexibility index (Phi) is 2.64. The highest BCUT2D eigenvalue weighted by molar-refractivity contribution is 5.81. The van der Waals surface area contributed by atoms with Gasteiger partial charge < -0.3 is 10.3 Å². The molecule has 2 heterocycles. The SMILES string of the molecule is Cc1nc2cc(-c3cc(CN)n(C)n3)ccc2n1C. The summed E-state index contributed by atoms with van der Waals surface area (Å²) in [6, 6.07) is 8.26. The summed E-state index contributed by atoms with van der Waals surface area (Å²) >= 11 is 0. The number of rotatable bonds is 2. The van der Waals surface area contributed by atoms with Crippen LogP contribution in [0.4, 0.5) is 0 Å². The third-order valence-electron chi connectivity index (χ3n) is 3.59. The molecule has 2 aromatic heterocycles. The molecular formula is C14H17N5. The van der Waals surface area contributed by atoms with Crippen molar-refractivity contribution in [2.24, 2.45) is 19.8 Å². The summed E-state index contributed by atoms with van der Waals surface area (Å²) in [6.45, 7) is 2.50. The fourth-order valence-corrected chi connectivity index (χ4v) is 2.32. The third-order valence-corrected chi connectivity index (χ3v) is 3.59. The lowest BCUT2D eigenvalue weighted by Gasteiger charge is -1.98. The normalized spacial score (nSPS) is 11.4. The van der Waals surface area contributed by atoms with E-state index in [1.54, 1.807) is 0 Å². The number of hydrogen-bond acceptors (Lipinski definition) is 3. The van der Waals surface area contributed by atoms with E-state index in [9.17, 15) is 0 Å². The molecule has 5 heteroatoms. The molecule has 0 saturated carbocycles. The van der Waals surface area contributed by atoms with Gasteiger partial charge in [-0.3, -0.25) is 4.68 Å². The largest absolute Gasteiger partial charge is 0.331 e. The van der Waals surface area contributed by atoms with Crippen molar-refractivity contribution in [1.29, 1.82) is 0 Å². The lowest BCUT2D eigenvalue weighted by atomic mass is 10.1. The van der Waals surface area contributed by atoms with E-state index in [1.807, 2.05) is 31.8 Å². The number of hydrogen-bond donors (Lipinski definition) is 1. The molecule has 19 heavy (non-hydrogen) atoms. The van der Waals surface area contributed by atoms with E-state index in [2.05, 4.69) is 32.8 Å². The Bertz CT molecular complexity index is 751. The summed E-state index contributed by atoms with van der Waals surface area (Å²) in [5.74, 6) is 1.01. The number of benzene rings is 1. The minimum atomic E-state index is 0.494. The van der Waals surface area contributed by atoms with Crippen LogP contribution in [0.5, 0.6) is 0 Å². The molecule has 0 atom stereocenters. The van der Waals surface area contributed by atoms with Crippen LogP contribution in [0.3, 0.4) is 0 Å². The van der Waals surface area contributed by atoms with Gasteiger partial charge in [-0.25, -0.2) is 4.98 Å². The Morgan fingerprint density at radius 2 is 2.00 bits per heavy atom. The molecule has 0 radical (unpaired) electrons. The van der Waals surface area contributed by atoms with E-state index in [0.29, 0.717) is 6.54 Å². The van der Waals surface area contributed by atoms with E-state index >= 15 is 0 Å². The summed E-state index contributed by atoms with van der Waals surface area (Å²) in [4.78, 5) is 4.55. The van der Waals surface area contributed by atoms with Crippen LogP contribution in [0, 0.1) is 6.92 Å². The molecule has 0 amide bonds. The molecule has 1 aromatic carbocycles. The molecule has 0 saturated heterocycles. The molecule has 3 aromatic rings. The number of nitrogens with zero attached hydrogens (tertiary/aromatic N) is 4. The van der Waals surface area contributed by atoms with E-state index in [4.69, 9.17) is 5.73 Å². The Balaban J connectivity index is 2.14. The standard InChI is InChI=1S/C14H17N5/c1-9-16-13-6-10(4-5-14(13)18(9)2)12-7-11(8-15)19(3)17-12/h4-7H,8,15H2,1-3H3. The highest BCUT2D eigenvalue weighted by Crippen LogP contribution is 2.24. The maximum absolute atomic E-state index is 5.68. The van der Waals surface area contributed by atoms with Gasteiger partial charge in [-0.1, -0.05) is 6.07 Å². The van der Waals surface area contributed by atoms with Gasteiger partial charge in [0, 0.05) is 26.2 Å². The van der Waals surface area contributed by atoms with Crippen molar-refractivity contribution < 1.29 is 0 Å². The quantitative estimate of drug-likeness (QED) is 0.758. The van der Waals surface area contributed by atoms with Crippen molar-refractivity contribution in [3.63, 3.8) is 0 Å². The van der Waals surface area contributed by atoms with Crippen molar-refractivity contribution >= 4 is 11.0 Å². The van der Waals surface area contributed by atoms with Gasteiger partial charge in [-0.15, -0.1) is 0 Å². The lowest BCUT2D eigenvalue weighted by Crippen LogP contribution is -2.03. The van der Waals surface area contributed by atoms with Crippen molar-refractivity contribution in [1.82, 2.24) is 19.3 Å². The van der Waals surface area contributed by atoms with Gasteiger partial charge in [0.1, 0.15) is 5.82 Å². The first-order valence-corrected chi connectivity index (χ1v) is 6.26. The van der Waals surface area contributed by atoms with E-state index in [0.717, 1.165) is 33.8 Å². The van der Waals surface area contributed by atoms with Gasteiger partial charge in [-0.2, -0.15) is 5.10 Å². The first-order valence-electron chi connectivity index (χ1n) is 6.26. The summed E-state index contributed by atoms with van der Waals surface area (Å²) in [5.41, 5.74) is 10.8. The minimum Gasteiger partial charge on any atom is -0.331 e. The van der Waals surface area contributed by atoms with E-state index in [1.165, 1.54) is 0 Å². The fraction of sp³-hybridized carbons (Fsp3) is 0.286. The van der Waals surface area contributed by atoms with Gasteiger partial charge in [0.2, 0.25) is 0 Å². The molecular weight excluding hydrogens is 238 g/mol. The second-order valence-electron chi connectivity index (χ2n) is 4.77. The number of imidazole rings is 1. The Morgan fingerprint density at radius 3 is 2.68 bits per heavy atom. The second-order valence-corrected chi connectivity index (χ2v) is 4.77. The number of nitrogens with two attached hydrogens (primary N) is 1. The first kappa shape index (κ1) is 11.9. The minimum absolute atomic E-state index is 0.494. The van der Waals surface area contributed by atoms with Gasteiger partial charge in [0.15, 0.2) is 0 Å². The monoisotopic (exact) mass is 255 g/mol. The van der Waals surface area contributed by atoms with Crippen LogP contribution < -0.4 is 5.73 Å². The Hall–Kier alpha value is -2.14. The molecule has 0 aliphatic carbocycles. The topological polar surface area (TPSA) is 61.7 Å². The Labute approximate surface area is 111 Å². The molecule has 0 fully saturated rings. The number of aromatic nitrogens is 4. The molecule has 0 unspecified atom stereocenters. The lowest BCUT2D eigenvalue weighted by molar-refractivity contribution is 0.714. The molecule has 0 bridgehead atoms. The summed E-state index contributed by atoms with van der Waals surface area (Å²) < 4.78 is 3.91. The zero-order valence-corrected chi connectivity index (χ0v) is 11.4. The van der Waals surface area contributed by atoms with Crippen LogP contribution in [0.1, 0.15) is 11.5 Å². The molecule has 2 N–H and O–H groups in total. The number of aryl methyl sites for hydroxylation is 3. The van der Waals surface area contributed by atoms with Crippen molar-refractivity contribution in [3.8, 4) is 11.3 Å². The average molecular weight is 255 g/mol. The molecule has 5 nitrogen and oxygen atoms in total. The maximum atomic E-state index is 5.68. The maximum Gasteiger partial charge on any atom is 0.106 e. The molecule has 0 aliphatic heterocycles. The van der Waals surface area contributed by atoms with Gasteiger partial charge in [0.05, 0.1) is 22.4 Å². The molecule has 98 valence electrons. The van der Waals surface area contributed by atoms with Crippen molar-refractivity contribution in [3.05, 3.63) is 35.8 Å². The smallest absolute Gasteiger partial charge is 0.106 e. The number of fused-ring (bicyclic) bond motifs is 1. The summed E-state index contributed by atoms with van der Waals surface area (Å²) in [7, 11) is 3.94. The molecule has 0 aliphatic rings. The van der Waals surface area contributed by atoms with Crippen LogP contribution in [-0.4, -0.2) is 19.3 Å².